The van der Waals surface area contributed by atoms with Gasteiger partial charge in [-0.25, -0.2) is 4.79 Å². The molecule has 0 unspecified atom stereocenters. The first kappa shape index (κ1) is 20.6. The average Bonchev–Trinajstić information content (AvgIpc) is 2.62. The Morgan fingerprint density at radius 3 is 2.52 bits per heavy atom. The second kappa shape index (κ2) is 10.4. The summed E-state index contributed by atoms with van der Waals surface area (Å²) in [6.07, 6.45) is 2.36. The van der Waals surface area contributed by atoms with Crippen LogP contribution >= 0.6 is 11.8 Å². The van der Waals surface area contributed by atoms with Gasteiger partial charge in [-0.15, -0.1) is 0 Å². The summed E-state index contributed by atoms with van der Waals surface area (Å²) in [6.45, 7) is -0.305. The molecule has 9 heteroatoms. The van der Waals surface area contributed by atoms with Gasteiger partial charge in [-0.2, -0.15) is 11.8 Å². The van der Waals surface area contributed by atoms with Crippen molar-refractivity contribution in [3.8, 4) is 11.5 Å². The zero-order chi connectivity index (χ0) is 18.8. The second-order valence-electron chi connectivity index (χ2n) is 4.95. The van der Waals surface area contributed by atoms with E-state index in [-0.39, 0.29) is 23.7 Å². The molecule has 1 rings (SSSR count). The van der Waals surface area contributed by atoms with Gasteiger partial charge in [-0.1, -0.05) is 0 Å². The zero-order valence-corrected chi connectivity index (χ0v) is 15.2. The van der Waals surface area contributed by atoms with Crippen LogP contribution in [0.1, 0.15) is 16.8 Å². The SMILES string of the molecule is COC(=O)[C@H](CCSC)NC(=O)c1ccc(OCC(N)=O)c(OC)c1. The highest BCUT2D eigenvalue weighted by Gasteiger charge is 2.22. The van der Waals surface area contributed by atoms with E-state index < -0.39 is 23.8 Å². The van der Waals surface area contributed by atoms with Crippen LogP contribution in [0.4, 0.5) is 0 Å². The number of carbonyl (C=O) groups excluding carboxylic acids is 3. The highest BCUT2D eigenvalue weighted by atomic mass is 32.2. The molecule has 0 saturated carbocycles. The fourth-order valence-corrected chi connectivity index (χ4v) is 2.42. The van der Waals surface area contributed by atoms with Crippen molar-refractivity contribution in [2.75, 3.05) is 32.8 Å². The van der Waals surface area contributed by atoms with E-state index in [2.05, 4.69) is 5.32 Å². The summed E-state index contributed by atoms with van der Waals surface area (Å²) in [6, 6.07) is 3.71. The lowest BCUT2D eigenvalue weighted by Crippen LogP contribution is -2.41. The lowest BCUT2D eigenvalue weighted by molar-refractivity contribution is -0.142. The summed E-state index contributed by atoms with van der Waals surface area (Å²) in [4.78, 5) is 35.0. The van der Waals surface area contributed by atoms with Crippen LogP contribution in [0.25, 0.3) is 0 Å². The fourth-order valence-electron chi connectivity index (χ4n) is 1.95. The first-order chi connectivity index (χ1) is 11.9. The molecule has 0 radical (unpaired) electrons. The Morgan fingerprint density at radius 2 is 1.96 bits per heavy atom. The predicted octanol–water partition coefficient (Wildman–Crippen LogP) is 0.584. The molecule has 0 heterocycles. The van der Waals surface area contributed by atoms with Crippen LogP contribution in [0, 0.1) is 0 Å². The molecule has 138 valence electrons. The van der Waals surface area contributed by atoms with Crippen LogP contribution in [0.15, 0.2) is 18.2 Å². The largest absolute Gasteiger partial charge is 0.493 e. The number of methoxy groups -OCH3 is 2. The van der Waals surface area contributed by atoms with E-state index in [4.69, 9.17) is 19.9 Å². The van der Waals surface area contributed by atoms with E-state index >= 15 is 0 Å². The molecule has 0 aromatic heterocycles. The molecule has 0 aliphatic rings. The third-order valence-corrected chi connectivity index (χ3v) is 3.84. The minimum Gasteiger partial charge on any atom is -0.493 e. The maximum absolute atomic E-state index is 12.4. The molecule has 3 N–H and O–H groups in total. The van der Waals surface area contributed by atoms with Gasteiger partial charge in [-0.3, -0.25) is 9.59 Å². The van der Waals surface area contributed by atoms with Crippen molar-refractivity contribution in [1.82, 2.24) is 5.32 Å². The van der Waals surface area contributed by atoms with Gasteiger partial charge in [0.25, 0.3) is 11.8 Å². The molecule has 1 atom stereocenters. The lowest BCUT2D eigenvalue weighted by atomic mass is 10.1. The van der Waals surface area contributed by atoms with Crippen LogP contribution in [-0.4, -0.2) is 56.7 Å². The number of ether oxygens (including phenoxy) is 3. The smallest absolute Gasteiger partial charge is 0.328 e. The number of hydrogen-bond donors (Lipinski definition) is 2. The van der Waals surface area contributed by atoms with Gasteiger partial charge in [0.05, 0.1) is 14.2 Å². The van der Waals surface area contributed by atoms with Crippen molar-refractivity contribution in [3.63, 3.8) is 0 Å². The fraction of sp³-hybridized carbons (Fsp3) is 0.438. The van der Waals surface area contributed by atoms with E-state index in [1.807, 2.05) is 6.26 Å². The Labute approximate surface area is 150 Å². The van der Waals surface area contributed by atoms with E-state index in [0.717, 1.165) is 0 Å². The van der Waals surface area contributed by atoms with E-state index in [9.17, 15) is 14.4 Å². The van der Waals surface area contributed by atoms with Gasteiger partial charge in [0.15, 0.2) is 18.1 Å². The summed E-state index contributed by atoms with van der Waals surface area (Å²) in [5.74, 6) is -0.327. The van der Waals surface area contributed by atoms with Crippen LogP contribution in [0.5, 0.6) is 11.5 Å². The Morgan fingerprint density at radius 1 is 1.24 bits per heavy atom. The number of esters is 1. The summed E-state index contributed by atoms with van der Waals surface area (Å²) < 4.78 is 15.1. The molecular formula is C16H22N2O6S. The minimum absolute atomic E-state index is 0.271. The molecule has 0 bridgehead atoms. The first-order valence-corrected chi connectivity index (χ1v) is 8.79. The standard InChI is InChI=1S/C16H22N2O6S/c1-22-13-8-10(4-5-12(13)24-9-14(17)19)15(20)18-11(6-7-25-3)16(21)23-2/h4-5,8,11H,6-7,9H2,1-3H3,(H2,17,19)(H,18,20)/t11-/m0/s1. The molecule has 0 saturated heterocycles. The number of thioether (sulfide) groups is 1. The maximum Gasteiger partial charge on any atom is 0.328 e. The number of nitrogens with two attached hydrogens (primary N) is 1. The van der Waals surface area contributed by atoms with Gasteiger partial charge in [0.1, 0.15) is 6.04 Å². The van der Waals surface area contributed by atoms with Gasteiger partial charge >= 0.3 is 5.97 Å². The molecule has 2 amide bonds. The summed E-state index contributed by atoms with van der Waals surface area (Å²) in [5.41, 5.74) is 5.31. The third kappa shape index (κ3) is 6.54. The van der Waals surface area contributed by atoms with Crippen molar-refractivity contribution in [3.05, 3.63) is 23.8 Å². The van der Waals surface area contributed by atoms with Crippen LogP contribution < -0.4 is 20.5 Å². The molecule has 25 heavy (non-hydrogen) atoms. The Balaban J connectivity index is 2.88. The number of primary amides is 1. The number of carbonyl (C=O) groups is 3. The van der Waals surface area contributed by atoms with E-state index in [0.29, 0.717) is 12.2 Å². The van der Waals surface area contributed by atoms with Gasteiger partial charge < -0.3 is 25.3 Å². The predicted molar refractivity (Wildman–Crippen MR) is 94.0 cm³/mol. The summed E-state index contributed by atoms with van der Waals surface area (Å²) >= 11 is 1.56. The number of nitrogens with one attached hydrogen (secondary N) is 1. The quantitative estimate of drug-likeness (QED) is 0.579. The molecule has 8 nitrogen and oxygen atoms in total. The minimum atomic E-state index is -0.735. The van der Waals surface area contributed by atoms with Gasteiger partial charge in [0.2, 0.25) is 0 Å². The molecule has 0 aliphatic heterocycles. The highest BCUT2D eigenvalue weighted by molar-refractivity contribution is 7.98. The number of hydrogen-bond acceptors (Lipinski definition) is 7. The zero-order valence-electron chi connectivity index (χ0n) is 14.4. The molecule has 1 aromatic carbocycles. The Bertz CT molecular complexity index is 623. The van der Waals surface area contributed by atoms with Crippen molar-refractivity contribution >= 4 is 29.5 Å². The number of rotatable bonds is 10. The van der Waals surface area contributed by atoms with E-state index in [1.54, 1.807) is 11.8 Å². The summed E-state index contributed by atoms with van der Waals surface area (Å²) in [7, 11) is 2.68. The van der Waals surface area contributed by atoms with Gasteiger partial charge in [0, 0.05) is 5.56 Å². The molecule has 0 fully saturated rings. The molecule has 0 spiro atoms. The van der Waals surface area contributed by atoms with Crippen molar-refractivity contribution in [2.24, 2.45) is 5.73 Å². The molecular weight excluding hydrogens is 348 g/mol. The third-order valence-electron chi connectivity index (χ3n) is 3.20. The first-order valence-electron chi connectivity index (χ1n) is 7.39. The molecule has 1 aromatic rings. The van der Waals surface area contributed by atoms with Crippen LogP contribution in [-0.2, 0) is 14.3 Å². The maximum atomic E-state index is 12.4. The van der Waals surface area contributed by atoms with Gasteiger partial charge in [-0.05, 0) is 36.6 Å². The van der Waals surface area contributed by atoms with Crippen molar-refractivity contribution in [1.29, 1.82) is 0 Å². The normalized spacial score (nSPS) is 11.3. The van der Waals surface area contributed by atoms with E-state index in [1.165, 1.54) is 32.4 Å². The highest BCUT2D eigenvalue weighted by Crippen LogP contribution is 2.28. The number of benzene rings is 1. The van der Waals surface area contributed by atoms with Crippen LogP contribution in [0.3, 0.4) is 0 Å². The van der Waals surface area contributed by atoms with Crippen LogP contribution in [0.2, 0.25) is 0 Å². The average molecular weight is 370 g/mol. The number of amides is 2. The van der Waals surface area contributed by atoms with Crippen molar-refractivity contribution in [2.45, 2.75) is 12.5 Å². The lowest BCUT2D eigenvalue weighted by Gasteiger charge is -2.17. The Hall–Kier alpha value is -2.42. The molecule has 0 aliphatic carbocycles. The summed E-state index contributed by atoms with van der Waals surface area (Å²) in [5, 5.41) is 2.64. The monoisotopic (exact) mass is 370 g/mol. The van der Waals surface area contributed by atoms with Crippen molar-refractivity contribution < 1.29 is 28.6 Å². The topological polar surface area (TPSA) is 117 Å². The second-order valence-corrected chi connectivity index (χ2v) is 5.94. The Kier molecular flexibility index (Phi) is 8.62.